The molecule has 17 heavy (non-hydrogen) atoms. The Labute approximate surface area is 105 Å². The molecule has 94 valence electrons. The molecular weight excluding hydrogens is 211 g/mol. The number of benzene rings is 1. The number of unbranched alkanes of at least 4 members (excludes halogenated alkanes) is 5. The van der Waals surface area contributed by atoms with Crippen LogP contribution < -0.4 is 0 Å². The largest absolute Gasteiger partial charge is 0.207 e. The lowest BCUT2D eigenvalue weighted by molar-refractivity contribution is 0.613. The standard InChI is InChI=1S/C16H23F/c1-2-3-4-5-6-7-8-9-10-15-11-13-16(17)14-12-15/h2-3,11-14H,4-10H2,1H3. The zero-order valence-electron chi connectivity index (χ0n) is 10.8. The Bertz CT molecular complexity index is 311. The fraction of sp³-hybridized carbons (Fsp3) is 0.500. The molecule has 0 spiro atoms. The minimum atomic E-state index is -0.141. The van der Waals surface area contributed by atoms with E-state index in [4.69, 9.17) is 0 Å². The highest BCUT2D eigenvalue weighted by Gasteiger charge is 1.94. The lowest BCUT2D eigenvalue weighted by atomic mass is 10.0. The molecule has 0 aromatic heterocycles. The van der Waals surface area contributed by atoms with Gasteiger partial charge in [0.25, 0.3) is 0 Å². The molecule has 1 aromatic carbocycles. The second kappa shape index (κ2) is 8.98. The van der Waals surface area contributed by atoms with Gasteiger partial charge in [-0.25, -0.2) is 4.39 Å². The molecule has 0 saturated heterocycles. The average Bonchev–Trinajstić information content (AvgIpc) is 2.35. The van der Waals surface area contributed by atoms with Gasteiger partial charge in [-0.05, 0) is 50.3 Å². The van der Waals surface area contributed by atoms with Crippen molar-refractivity contribution in [3.8, 4) is 0 Å². The van der Waals surface area contributed by atoms with E-state index in [1.54, 1.807) is 12.1 Å². The van der Waals surface area contributed by atoms with E-state index < -0.39 is 0 Å². The molecule has 1 heteroatoms. The molecule has 1 aromatic rings. The second-order valence-electron chi connectivity index (χ2n) is 4.50. The van der Waals surface area contributed by atoms with Crippen LogP contribution in [0.25, 0.3) is 0 Å². The lowest BCUT2D eigenvalue weighted by Crippen LogP contribution is -1.86. The molecule has 0 nitrogen and oxygen atoms in total. The fourth-order valence-electron chi connectivity index (χ4n) is 1.94. The Morgan fingerprint density at radius 1 is 0.941 bits per heavy atom. The minimum Gasteiger partial charge on any atom is -0.207 e. The summed E-state index contributed by atoms with van der Waals surface area (Å²) in [6.07, 6.45) is 13.1. The summed E-state index contributed by atoms with van der Waals surface area (Å²) in [5.41, 5.74) is 1.25. The number of allylic oxidation sites excluding steroid dienone is 2. The highest BCUT2D eigenvalue weighted by atomic mass is 19.1. The summed E-state index contributed by atoms with van der Waals surface area (Å²) >= 11 is 0. The Kier molecular flexibility index (Phi) is 7.37. The van der Waals surface area contributed by atoms with Crippen molar-refractivity contribution in [3.05, 3.63) is 47.8 Å². The number of rotatable bonds is 8. The molecular formula is C16H23F. The maximum atomic E-state index is 12.7. The molecule has 0 aliphatic carbocycles. The normalized spacial score (nSPS) is 11.2. The molecule has 0 aliphatic heterocycles. The summed E-state index contributed by atoms with van der Waals surface area (Å²) in [6, 6.07) is 6.88. The van der Waals surface area contributed by atoms with Crippen molar-refractivity contribution >= 4 is 0 Å². The minimum absolute atomic E-state index is 0.141. The smallest absolute Gasteiger partial charge is 0.123 e. The first-order chi connectivity index (χ1) is 8.33. The quantitative estimate of drug-likeness (QED) is 0.424. The SMILES string of the molecule is CC=CCCCCCCCc1ccc(F)cc1. The highest BCUT2D eigenvalue weighted by molar-refractivity contribution is 5.15. The van der Waals surface area contributed by atoms with Crippen molar-refractivity contribution in [1.29, 1.82) is 0 Å². The molecule has 1 rings (SSSR count). The summed E-state index contributed by atoms with van der Waals surface area (Å²) in [6.45, 7) is 2.07. The summed E-state index contributed by atoms with van der Waals surface area (Å²) in [7, 11) is 0. The van der Waals surface area contributed by atoms with E-state index in [1.807, 2.05) is 12.1 Å². The van der Waals surface area contributed by atoms with Crippen molar-refractivity contribution < 1.29 is 4.39 Å². The maximum Gasteiger partial charge on any atom is 0.123 e. The van der Waals surface area contributed by atoms with Crippen LogP contribution in [0.3, 0.4) is 0 Å². The van der Waals surface area contributed by atoms with E-state index in [0.717, 1.165) is 6.42 Å². The predicted molar refractivity (Wildman–Crippen MR) is 72.6 cm³/mol. The van der Waals surface area contributed by atoms with Gasteiger partial charge in [-0.1, -0.05) is 43.5 Å². The van der Waals surface area contributed by atoms with Crippen molar-refractivity contribution in [1.82, 2.24) is 0 Å². The summed E-state index contributed by atoms with van der Waals surface area (Å²) in [5.74, 6) is -0.141. The van der Waals surface area contributed by atoms with Gasteiger partial charge in [-0.2, -0.15) is 0 Å². The van der Waals surface area contributed by atoms with Crippen molar-refractivity contribution in [2.75, 3.05) is 0 Å². The fourth-order valence-corrected chi connectivity index (χ4v) is 1.94. The van der Waals surface area contributed by atoms with Crippen LogP contribution in [-0.4, -0.2) is 0 Å². The van der Waals surface area contributed by atoms with Gasteiger partial charge >= 0.3 is 0 Å². The van der Waals surface area contributed by atoms with E-state index in [-0.39, 0.29) is 5.82 Å². The van der Waals surface area contributed by atoms with Gasteiger partial charge in [0, 0.05) is 0 Å². The molecule has 0 N–H and O–H groups in total. The highest BCUT2D eigenvalue weighted by Crippen LogP contribution is 2.10. The third-order valence-corrected chi connectivity index (χ3v) is 2.99. The molecule has 0 amide bonds. The van der Waals surface area contributed by atoms with Gasteiger partial charge < -0.3 is 0 Å². The van der Waals surface area contributed by atoms with Crippen LogP contribution in [0.1, 0.15) is 51.0 Å². The van der Waals surface area contributed by atoms with Crippen molar-refractivity contribution in [3.63, 3.8) is 0 Å². The van der Waals surface area contributed by atoms with Gasteiger partial charge in [-0.3, -0.25) is 0 Å². The van der Waals surface area contributed by atoms with E-state index in [1.165, 1.54) is 44.1 Å². The number of hydrogen-bond acceptors (Lipinski definition) is 0. The first kappa shape index (κ1) is 14.0. The first-order valence-electron chi connectivity index (χ1n) is 6.68. The van der Waals surface area contributed by atoms with Crippen molar-refractivity contribution in [2.24, 2.45) is 0 Å². The summed E-state index contributed by atoms with van der Waals surface area (Å²) in [4.78, 5) is 0. The molecule has 0 heterocycles. The molecule has 0 saturated carbocycles. The Hall–Kier alpha value is -1.11. The zero-order valence-corrected chi connectivity index (χ0v) is 10.8. The average molecular weight is 234 g/mol. The third-order valence-electron chi connectivity index (χ3n) is 2.99. The second-order valence-corrected chi connectivity index (χ2v) is 4.50. The van der Waals surface area contributed by atoms with Gasteiger partial charge in [0.05, 0.1) is 0 Å². The van der Waals surface area contributed by atoms with Crippen LogP contribution in [0.5, 0.6) is 0 Å². The van der Waals surface area contributed by atoms with E-state index in [9.17, 15) is 4.39 Å². The molecule has 0 radical (unpaired) electrons. The Morgan fingerprint density at radius 3 is 2.29 bits per heavy atom. The molecule has 0 aliphatic rings. The van der Waals surface area contributed by atoms with E-state index in [0.29, 0.717) is 0 Å². The van der Waals surface area contributed by atoms with Gasteiger partial charge in [0.1, 0.15) is 5.82 Å². The summed E-state index contributed by atoms with van der Waals surface area (Å²) < 4.78 is 12.7. The molecule has 0 unspecified atom stereocenters. The Morgan fingerprint density at radius 2 is 1.59 bits per heavy atom. The van der Waals surface area contributed by atoms with Gasteiger partial charge in [0.15, 0.2) is 0 Å². The summed E-state index contributed by atoms with van der Waals surface area (Å²) in [5, 5.41) is 0. The number of aryl methyl sites for hydroxylation is 1. The third kappa shape index (κ3) is 6.93. The predicted octanol–water partition coefficient (Wildman–Crippen LogP) is 5.28. The van der Waals surface area contributed by atoms with Gasteiger partial charge in [-0.15, -0.1) is 0 Å². The number of halogens is 1. The molecule has 0 atom stereocenters. The monoisotopic (exact) mass is 234 g/mol. The Balaban J connectivity index is 1.99. The van der Waals surface area contributed by atoms with Crippen molar-refractivity contribution in [2.45, 2.75) is 51.9 Å². The van der Waals surface area contributed by atoms with Crippen LogP contribution in [0.2, 0.25) is 0 Å². The van der Waals surface area contributed by atoms with Crippen LogP contribution >= 0.6 is 0 Å². The molecule has 0 fully saturated rings. The van der Waals surface area contributed by atoms with Crippen LogP contribution in [0.15, 0.2) is 36.4 Å². The topological polar surface area (TPSA) is 0 Å². The zero-order chi connectivity index (χ0) is 12.3. The van der Waals surface area contributed by atoms with E-state index >= 15 is 0 Å². The number of hydrogen-bond donors (Lipinski definition) is 0. The van der Waals surface area contributed by atoms with Crippen LogP contribution in [0.4, 0.5) is 4.39 Å². The molecule has 0 bridgehead atoms. The first-order valence-corrected chi connectivity index (χ1v) is 6.68. The van der Waals surface area contributed by atoms with E-state index in [2.05, 4.69) is 19.1 Å². The van der Waals surface area contributed by atoms with Crippen LogP contribution in [-0.2, 0) is 6.42 Å². The lowest BCUT2D eigenvalue weighted by Gasteiger charge is -2.01. The van der Waals surface area contributed by atoms with Gasteiger partial charge in [0.2, 0.25) is 0 Å². The maximum absolute atomic E-state index is 12.7. The van der Waals surface area contributed by atoms with Crippen LogP contribution in [0, 0.1) is 5.82 Å².